The van der Waals surface area contributed by atoms with E-state index < -0.39 is 0 Å². The molecule has 0 atom stereocenters. The maximum Gasteiger partial charge on any atom is 0.164 e. The fourth-order valence-corrected chi connectivity index (χ4v) is 1.78. The molecule has 0 heterocycles. The number of nitrogens with one attached hydrogen (secondary N) is 1. The van der Waals surface area contributed by atoms with Crippen molar-refractivity contribution in [2.24, 2.45) is 0 Å². The molecule has 0 amide bonds. The van der Waals surface area contributed by atoms with Gasteiger partial charge in [0.2, 0.25) is 0 Å². The Morgan fingerprint density at radius 2 is 2.00 bits per heavy atom. The summed E-state index contributed by atoms with van der Waals surface area (Å²) in [5.74, 6) is 0.169. The Labute approximate surface area is 108 Å². The fourth-order valence-electron chi connectivity index (χ4n) is 1.78. The van der Waals surface area contributed by atoms with Crippen molar-refractivity contribution in [2.45, 2.75) is 13.3 Å². The number of hydrogen-bond acceptors (Lipinski definition) is 2. The predicted octanol–water partition coefficient (Wildman–Crippen LogP) is 3.48. The molecule has 2 aromatic rings. The first-order valence-corrected chi connectivity index (χ1v) is 6.06. The molecule has 18 heavy (non-hydrogen) atoms. The van der Waals surface area contributed by atoms with E-state index in [1.165, 1.54) is 0 Å². The minimum absolute atomic E-state index is 0.169. The summed E-state index contributed by atoms with van der Waals surface area (Å²) < 4.78 is 0. The Morgan fingerprint density at radius 3 is 2.72 bits per heavy atom. The van der Waals surface area contributed by atoms with Gasteiger partial charge >= 0.3 is 0 Å². The topological polar surface area (TPSA) is 29.1 Å². The van der Waals surface area contributed by atoms with Gasteiger partial charge in [-0.1, -0.05) is 36.4 Å². The smallest absolute Gasteiger partial charge is 0.164 e. The largest absolute Gasteiger partial charge is 0.385 e. The van der Waals surface area contributed by atoms with Crippen LogP contribution in [-0.4, -0.2) is 12.3 Å². The van der Waals surface area contributed by atoms with E-state index in [9.17, 15) is 4.79 Å². The van der Waals surface area contributed by atoms with E-state index in [2.05, 4.69) is 11.4 Å². The van der Waals surface area contributed by atoms with Gasteiger partial charge < -0.3 is 5.32 Å². The van der Waals surface area contributed by atoms with E-state index in [1.54, 1.807) is 0 Å². The summed E-state index contributed by atoms with van der Waals surface area (Å²) in [7, 11) is 0. The summed E-state index contributed by atoms with van der Waals surface area (Å²) in [4.78, 5) is 11.9. The normalized spacial score (nSPS) is 10.1. The second kappa shape index (κ2) is 6.01. The minimum atomic E-state index is 0.169. The Kier molecular flexibility index (Phi) is 4.13. The maximum absolute atomic E-state index is 11.9. The molecule has 0 aromatic heterocycles. The van der Waals surface area contributed by atoms with Crippen molar-refractivity contribution in [3.63, 3.8) is 0 Å². The highest BCUT2D eigenvalue weighted by Crippen LogP contribution is 2.09. The molecule has 0 saturated carbocycles. The third kappa shape index (κ3) is 3.45. The number of anilines is 1. The molecule has 2 nitrogen and oxygen atoms in total. The van der Waals surface area contributed by atoms with Gasteiger partial charge in [0.05, 0.1) is 0 Å². The molecule has 1 N–H and O–H groups in total. The summed E-state index contributed by atoms with van der Waals surface area (Å²) in [6.07, 6.45) is 0.502. The van der Waals surface area contributed by atoms with Gasteiger partial charge in [0.1, 0.15) is 0 Å². The lowest BCUT2D eigenvalue weighted by Gasteiger charge is -2.06. The van der Waals surface area contributed by atoms with Crippen LogP contribution in [0.4, 0.5) is 5.69 Å². The first-order valence-electron chi connectivity index (χ1n) is 6.06. The zero-order valence-electron chi connectivity index (χ0n) is 10.4. The molecule has 2 aromatic carbocycles. The number of ketones is 1. The van der Waals surface area contributed by atoms with Gasteiger partial charge in [-0.3, -0.25) is 4.79 Å². The first-order chi connectivity index (χ1) is 8.75. The number of carbonyl (C=O) groups is 1. The Morgan fingerprint density at radius 1 is 1.22 bits per heavy atom. The third-order valence-electron chi connectivity index (χ3n) is 2.72. The number of aryl methyl sites for hydroxylation is 1. The van der Waals surface area contributed by atoms with Crippen molar-refractivity contribution < 1.29 is 4.79 Å². The monoisotopic (exact) mass is 238 g/mol. The van der Waals surface area contributed by atoms with Gasteiger partial charge in [-0.05, 0) is 30.7 Å². The van der Waals surface area contributed by atoms with Crippen molar-refractivity contribution in [1.82, 2.24) is 0 Å². The molecule has 0 saturated heterocycles. The number of rotatable bonds is 5. The zero-order valence-corrected chi connectivity index (χ0v) is 10.4. The molecule has 0 aliphatic rings. The van der Waals surface area contributed by atoms with Crippen molar-refractivity contribution in [1.29, 1.82) is 0 Å². The first kappa shape index (κ1) is 12.4. The van der Waals surface area contributed by atoms with Gasteiger partial charge in [-0.2, -0.15) is 0 Å². The standard InChI is InChI=1S/C16H16NO/c1-13-6-5-9-15(12-13)17-11-10-16(18)14-7-3-2-4-8-14/h2-5,7-9,12,17H,10-11H2,1H3. The summed E-state index contributed by atoms with van der Waals surface area (Å²) in [6, 6.07) is 18.3. The van der Waals surface area contributed by atoms with Gasteiger partial charge in [-0.15, -0.1) is 0 Å². The average Bonchev–Trinajstić information content (AvgIpc) is 2.40. The molecule has 0 unspecified atom stereocenters. The fraction of sp³-hybridized carbons (Fsp3) is 0.188. The number of benzene rings is 2. The molecule has 0 fully saturated rings. The molecule has 0 aliphatic heterocycles. The second-order valence-electron chi connectivity index (χ2n) is 4.23. The van der Waals surface area contributed by atoms with Crippen LogP contribution in [0.3, 0.4) is 0 Å². The molecule has 91 valence electrons. The van der Waals surface area contributed by atoms with Gasteiger partial charge in [0.25, 0.3) is 0 Å². The summed E-state index contributed by atoms with van der Waals surface area (Å²) in [5, 5.41) is 3.25. The van der Waals surface area contributed by atoms with Crippen LogP contribution in [0.1, 0.15) is 22.3 Å². The van der Waals surface area contributed by atoms with Crippen LogP contribution in [0.2, 0.25) is 0 Å². The van der Waals surface area contributed by atoms with E-state index in [-0.39, 0.29) is 5.78 Å². The van der Waals surface area contributed by atoms with Crippen LogP contribution >= 0.6 is 0 Å². The highest BCUT2D eigenvalue weighted by Gasteiger charge is 2.03. The van der Waals surface area contributed by atoms with E-state index >= 15 is 0 Å². The van der Waals surface area contributed by atoms with Crippen LogP contribution in [0.5, 0.6) is 0 Å². The minimum Gasteiger partial charge on any atom is -0.385 e. The summed E-state index contributed by atoms with van der Waals surface area (Å²) in [6.45, 7) is 2.65. The molecule has 2 rings (SSSR count). The lowest BCUT2D eigenvalue weighted by Crippen LogP contribution is -2.08. The predicted molar refractivity (Wildman–Crippen MR) is 73.9 cm³/mol. The molecular formula is C16H16NO. The summed E-state index contributed by atoms with van der Waals surface area (Å²) >= 11 is 0. The van der Waals surface area contributed by atoms with E-state index in [1.807, 2.05) is 55.5 Å². The maximum atomic E-state index is 11.9. The van der Waals surface area contributed by atoms with Crippen molar-refractivity contribution in [3.05, 3.63) is 65.7 Å². The average molecular weight is 238 g/mol. The molecule has 0 bridgehead atoms. The molecular weight excluding hydrogens is 222 g/mol. The van der Waals surface area contributed by atoms with Crippen molar-refractivity contribution in [3.8, 4) is 0 Å². The van der Waals surface area contributed by atoms with Gasteiger partial charge in [-0.25, -0.2) is 0 Å². The van der Waals surface area contributed by atoms with Gasteiger partial charge in [0.15, 0.2) is 5.78 Å². The Bertz CT molecular complexity index is 520. The molecule has 2 heteroatoms. The highest BCUT2D eigenvalue weighted by atomic mass is 16.1. The SMILES string of the molecule is Cc1[c]ccc(NCCC(=O)c2ccccc2)c1. The van der Waals surface area contributed by atoms with Crippen LogP contribution < -0.4 is 5.32 Å². The van der Waals surface area contributed by atoms with Crippen LogP contribution in [0.25, 0.3) is 0 Å². The van der Waals surface area contributed by atoms with Gasteiger partial charge in [0, 0.05) is 24.2 Å². The lowest BCUT2D eigenvalue weighted by atomic mass is 10.1. The van der Waals surface area contributed by atoms with Crippen LogP contribution in [-0.2, 0) is 0 Å². The molecule has 0 aliphatic carbocycles. The van der Waals surface area contributed by atoms with Crippen molar-refractivity contribution in [2.75, 3.05) is 11.9 Å². The zero-order chi connectivity index (χ0) is 12.8. The second-order valence-corrected chi connectivity index (χ2v) is 4.23. The lowest BCUT2D eigenvalue weighted by molar-refractivity contribution is 0.0986. The van der Waals surface area contributed by atoms with E-state index in [4.69, 9.17) is 0 Å². The highest BCUT2D eigenvalue weighted by molar-refractivity contribution is 5.96. The Balaban J connectivity index is 1.84. The summed E-state index contributed by atoms with van der Waals surface area (Å²) in [5.41, 5.74) is 2.90. The quantitative estimate of drug-likeness (QED) is 0.808. The third-order valence-corrected chi connectivity index (χ3v) is 2.72. The van der Waals surface area contributed by atoms with E-state index in [0.717, 1.165) is 16.8 Å². The number of Topliss-reactive ketones (excluding diaryl/α,β-unsaturated/α-hetero) is 1. The molecule has 0 spiro atoms. The Hall–Kier alpha value is -2.09. The van der Waals surface area contributed by atoms with E-state index in [0.29, 0.717) is 13.0 Å². The van der Waals surface area contributed by atoms with Crippen molar-refractivity contribution >= 4 is 11.5 Å². The van der Waals surface area contributed by atoms with Crippen LogP contribution in [0.15, 0.2) is 48.5 Å². The van der Waals surface area contributed by atoms with Crippen LogP contribution in [0, 0.1) is 13.0 Å². The molecule has 1 radical (unpaired) electrons. The number of carbonyl (C=O) groups excluding carboxylic acids is 1. The number of hydrogen-bond donors (Lipinski definition) is 1.